The Labute approximate surface area is 111 Å². The zero-order valence-corrected chi connectivity index (χ0v) is 10.3. The van der Waals surface area contributed by atoms with Crippen LogP contribution in [0.25, 0.3) is 0 Å². The smallest absolute Gasteiger partial charge is 0.163 e. The van der Waals surface area contributed by atoms with Crippen molar-refractivity contribution in [1.82, 2.24) is 0 Å². The van der Waals surface area contributed by atoms with Crippen LogP contribution in [-0.2, 0) is 4.84 Å². The van der Waals surface area contributed by atoms with E-state index in [0.29, 0.717) is 5.84 Å². The fourth-order valence-electron chi connectivity index (χ4n) is 1.97. The van der Waals surface area contributed by atoms with E-state index in [-0.39, 0.29) is 0 Å². The molecule has 1 aromatic carbocycles. The van der Waals surface area contributed by atoms with Gasteiger partial charge >= 0.3 is 0 Å². The maximum Gasteiger partial charge on any atom is 0.163 e. The Balaban J connectivity index is 1.98. The van der Waals surface area contributed by atoms with Gasteiger partial charge in [-0.1, -0.05) is 47.6 Å². The molecule has 2 aliphatic rings. The van der Waals surface area contributed by atoms with E-state index in [4.69, 9.17) is 10.6 Å². The molecule has 0 radical (unpaired) electrons. The number of nitrogens with zero attached hydrogens (tertiary/aromatic N) is 2. The summed E-state index contributed by atoms with van der Waals surface area (Å²) in [6, 6.07) is 9.67. The van der Waals surface area contributed by atoms with Crippen molar-refractivity contribution in [2.45, 2.75) is 6.42 Å². The average Bonchev–Trinajstić information content (AvgIpc) is 2.48. The van der Waals surface area contributed by atoms with E-state index in [2.05, 4.69) is 16.2 Å². The van der Waals surface area contributed by atoms with Crippen molar-refractivity contribution in [2.24, 2.45) is 15.9 Å². The van der Waals surface area contributed by atoms with E-state index in [9.17, 15) is 0 Å². The molecule has 0 amide bonds. The zero-order valence-electron chi connectivity index (χ0n) is 10.3. The molecule has 4 nitrogen and oxygen atoms in total. The summed E-state index contributed by atoms with van der Waals surface area (Å²) >= 11 is 0. The van der Waals surface area contributed by atoms with Crippen LogP contribution in [0.2, 0.25) is 0 Å². The number of allylic oxidation sites excluding steroid dienone is 5. The Morgan fingerprint density at radius 2 is 2.11 bits per heavy atom. The molecule has 3 rings (SSSR count). The van der Waals surface area contributed by atoms with Crippen molar-refractivity contribution < 1.29 is 4.84 Å². The van der Waals surface area contributed by atoms with Crippen LogP contribution in [-0.4, -0.2) is 12.1 Å². The minimum atomic E-state index is 0.477. The lowest BCUT2D eigenvalue weighted by Gasteiger charge is -2.16. The predicted octanol–water partition coefficient (Wildman–Crippen LogP) is 2.51. The zero-order chi connectivity index (χ0) is 13.1. The molecule has 4 heteroatoms. The number of oxime groups is 1. The standard InChI is InChI=1S/C15H13N3O/c16-15(11-6-2-1-3-7-11)18-13-10-17-19-14-9-5-4-8-12(13)14/h1-7,9-10H,8H2,(H2,16,18). The Bertz CT molecular complexity index is 637. The molecule has 1 heterocycles. The predicted molar refractivity (Wildman–Crippen MR) is 75.6 cm³/mol. The van der Waals surface area contributed by atoms with Gasteiger partial charge in [0.2, 0.25) is 0 Å². The van der Waals surface area contributed by atoms with E-state index in [1.54, 1.807) is 6.21 Å². The molecular weight excluding hydrogens is 238 g/mol. The number of hydrogen-bond acceptors (Lipinski definition) is 3. The molecular formula is C15H13N3O. The number of hydrogen-bond donors (Lipinski definition) is 1. The van der Waals surface area contributed by atoms with Crippen molar-refractivity contribution in [3.8, 4) is 0 Å². The largest absolute Gasteiger partial charge is 0.383 e. The third-order valence-electron chi connectivity index (χ3n) is 2.95. The first-order valence-corrected chi connectivity index (χ1v) is 6.05. The van der Waals surface area contributed by atoms with Crippen LogP contribution < -0.4 is 5.73 Å². The lowest BCUT2D eigenvalue weighted by Crippen LogP contribution is -2.15. The van der Waals surface area contributed by atoms with Crippen LogP contribution in [0.3, 0.4) is 0 Å². The molecule has 1 aliphatic heterocycles. The monoisotopic (exact) mass is 251 g/mol. The Morgan fingerprint density at radius 1 is 1.26 bits per heavy atom. The SMILES string of the molecule is NC(=NC1=C2CC=CC=C2ON=C1)c1ccccc1. The van der Waals surface area contributed by atoms with Crippen LogP contribution in [0.15, 0.2) is 75.7 Å². The molecule has 0 saturated heterocycles. The molecule has 0 atom stereocenters. The Kier molecular flexibility index (Phi) is 2.98. The topological polar surface area (TPSA) is 60.0 Å². The highest BCUT2D eigenvalue weighted by atomic mass is 16.6. The first-order valence-electron chi connectivity index (χ1n) is 6.05. The van der Waals surface area contributed by atoms with Crippen molar-refractivity contribution in [3.63, 3.8) is 0 Å². The summed E-state index contributed by atoms with van der Waals surface area (Å²) in [6.07, 6.45) is 8.25. The minimum absolute atomic E-state index is 0.477. The van der Waals surface area contributed by atoms with Crippen molar-refractivity contribution in [3.05, 3.63) is 71.2 Å². The van der Waals surface area contributed by atoms with Gasteiger partial charge in [-0.3, -0.25) is 0 Å². The van der Waals surface area contributed by atoms with Crippen LogP contribution in [0, 0.1) is 0 Å². The van der Waals surface area contributed by atoms with Gasteiger partial charge in [-0.15, -0.1) is 0 Å². The van der Waals surface area contributed by atoms with Crippen molar-refractivity contribution in [1.29, 1.82) is 0 Å². The van der Waals surface area contributed by atoms with Gasteiger partial charge in [0, 0.05) is 11.1 Å². The Hall–Kier alpha value is -2.62. The van der Waals surface area contributed by atoms with E-state index in [1.807, 2.05) is 42.5 Å². The van der Waals surface area contributed by atoms with Gasteiger partial charge in [0.05, 0.1) is 11.9 Å². The van der Waals surface area contributed by atoms with Crippen molar-refractivity contribution in [2.75, 3.05) is 0 Å². The maximum atomic E-state index is 6.02. The molecule has 1 aliphatic carbocycles. The molecule has 0 aromatic heterocycles. The van der Waals surface area contributed by atoms with E-state index >= 15 is 0 Å². The molecule has 19 heavy (non-hydrogen) atoms. The fraction of sp³-hybridized carbons (Fsp3) is 0.0667. The second-order valence-corrected chi connectivity index (χ2v) is 4.22. The Morgan fingerprint density at radius 3 is 2.95 bits per heavy atom. The number of amidine groups is 1. The first kappa shape index (κ1) is 11.5. The second-order valence-electron chi connectivity index (χ2n) is 4.22. The summed E-state index contributed by atoms with van der Waals surface area (Å²) in [6.45, 7) is 0. The normalized spacial score (nSPS) is 17.9. The molecule has 1 aromatic rings. The van der Waals surface area contributed by atoms with Crippen LogP contribution >= 0.6 is 0 Å². The average molecular weight is 251 g/mol. The van der Waals surface area contributed by atoms with Crippen LogP contribution in [0.1, 0.15) is 12.0 Å². The molecule has 0 spiro atoms. The van der Waals surface area contributed by atoms with Gasteiger partial charge < -0.3 is 10.6 Å². The third kappa shape index (κ3) is 2.33. The van der Waals surface area contributed by atoms with Gasteiger partial charge in [0.15, 0.2) is 5.76 Å². The van der Waals surface area contributed by atoms with Gasteiger partial charge in [0.1, 0.15) is 5.84 Å². The number of aliphatic imine (C=N–C) groups is 1. The second kappa shape index (κ2) is 4.94. The summed E-state index contributed by atoms with van der Waals surface area (Å²) < 4.78 is 0. The highest BCUT2D eigenvalue weighted by Crippen LogP contribution is 2.27. The summed E-state index contributed by atoms with van der Waals surface area (Å²) in [7, 11) is 0. The highest BCUT2D eigenvalue weighted by Gasteiger charge is 2.17. The summed E-state index contributed by atoms with van der Waals surface area (Å²) in [5.41, 5.74) is 8.68. The third-order valence-corrected chi connectivity index (χ3v) is 2.95. The quantitative estimate of drug-likeness (QED) is 0.648. The van der Waals surface area contributed by atoms with Gasteiger partial charge in [-0.25, -0.2) is 4.99 Å². The van der Waals surface area contributed by atoms with E-state index < -0.39 is 0 Å². The summed E-state index contributed by atoms with van der Waals surface area (Å²) in [5, 5.41) is 3.84. The lowest BCUT2D eigenvalue weighted by molar-refractivity contribution is 0.232. The van der Waals surface area contributed by atoms with Crippen LogP contribution in [0.5, 0.6) is 0 Å². The molecule has 2 N–H and O–H groups in total. The molecule has 0 saturated carbocycles. The molecule has 0 bridgehead atoms. The number of nitrogens with two attached hydrogens (primary N) is 1. The fourth-order valence-corrected chi connectivity index (χ4v) is 1.97. The minimum Gasteiger partial charge on any atom is -0.383 e. The molecule has 0 fully saturated rings. The number of benzene rings is 1. The van der Waals surface area contributed by atoms with Crippen molar-refractivity contribution >= 4 is 12.1 Å². The highest BCUT2D eigenvalue weighted by molar-refractivity contribution is 6.00. The van der Waals surface area contributed by atoms with E-state index in [1.165, 1.54) is 0 Å². The summed E-state index contributed by atoms with van der Waals surface area (Å²) in [5.74, 6) is 1.22. The number of rotatable bonds is 2. The number of fused-ring (bicyclic) bond motifs is 1. The van der Waals surface area contributed by atoms with Gasteiger partial charge in [0.25, 0.3) is 0 Å². The lowest BCUT2D eigenvalue weighted by atomic mass is 10.0. The maximum absolute atomic E-state index is 6.02. The van der Waals surface area contributed by atoms with Gasteiger partial charge in [-0.05, 0) is 12.5 Å². The van der Waals surface area contributed by atoms with E-state index in [0.717, 1.165) is 29.0 Å². The molecule has 94 valence electrons. The van der Waals surface area contributed by atoms with Gasteiger partial charge in [-0.2, -0.15) is 0 Å². The first-order chi connectivity index (χ1) is 9.34. The van der Waals surface area contributed by atoms with Crippen LogP contribution in [0.4, 0.5) is 0 Å². The summed E-state index contributed by atoms with van der Waals surface area (Å²) in [4.78, 5) is 9.67. The molecule has 0 unspecified atom stereocenters.